The molecular formula is C12H19N3O3S. The Balaban J connectivity index is 2.35. The highest BCUT2D eigenvalue weighted by Gasteiger charge is 2.24. The lowest BCUT2D eigenvalue weighted by Gasteiger charge is -2.37. The van der Waals surface area contributed by atoms with E-state index in [2.05, 4.69) is 0 Å². The number of anilines is 2. The summed E-state index contributed by atoms with van der Waals surface area (Å²) in [5.74, 6) is 0. The van der Waals surface area contributed by atoms with Crippen molar-refractivity contribution < 1.29 is 13.5 Å². The average molecular weight is 285 g/mol. The molecule has 0 bridgehead atoms. The summed E-state index contributed by atoms with van der Waals surface area (Å²) in [6.07, 6.45) is 3.02. The Kier molecular flexibility index (Phi) is 3.98. The molecule has 0 spiro atoms. The molecule has 106 valence electrons. The van der Waals surface area contributed by atoms with E-state index in [1.165, 1.54) is 12.1 Å². The van der Waals surface area contributed by atoms with Crippen LogP contribution in [0.2, 0.25) is 0 Å². The molecule has 1 aliphatic heterocycles. The van der Waals surface area contributed by atoms with Gasteiger partial charge in [-0.3, -0.25) is 0 Å². The van der Waals surface area contributed by atoms with Gasteiger partial charge in [0, 0.05) is 6.54 Å². The van der Waals surface area contributed by atoms with Gasteiger partial charge >= 0.3 is 0 Å². The van der Waals surface area contributed by atoms with Gasteiger partial charge in [-0.1, -0.05) is 0 Å². The second kappa shape index (κ2) is 5.36. The van der Waals surface area contributed by atoms with E-state index in [0.717, 1.165) is 31.5 Å². The van der Waals surface area contributed by atoms with Crippen molar-refractivity contribution in [2.24, 2.45) is 5.14 Å². The number of aliphatic hydroxyl groups is 1. The maximum atomic E-state index is 11.3. The van der Waals surface area contributed by atoms with E-state index in [4.69, 9.17) is 10.9 Å². The molecule has 7 heteroatoms. The number of benzene rings is 1. The standard InChI is InChI=1S/C12H19N3O3S/c13-11-7-10(19(14,17)18)4-5-12(11)15-6-2-1-3-9(15)8-16/h4-5,7,9,16H,1-3,6,8,13H2,(H2,14,17,18). The third-order valence-electron chi connectivity index (χ3n) is 3.47. The number of hydrogen-bond donors (Lipinski definition) is 3. The molecule has 0 aromatic heterocycles. The third-order valence-corrected chi connectivity index (χ3v) is 4.39. The van der Waals surface area contributed by atoms with E-state index in [1.54, 1.807) is 6.07 Å². The Labute approximate surface area is 113 Å². The molecule has 1 aromatic carbocycles. The monoisotopic (exact) mass is 285 g/mol. The maximum Gasteiger partial charge on any atom is 0.238 e. The number of nitrogens with two attached hydrogens (primary N) is 2. The number of primary sulfonamides is 1. The molecule has 2 rings (SSSR count). The Morgan fingerprint density at radius 1 is 1.37 bits per heavy atom. The van der Waals surface area contributed by atoms with Gasteiger partial charge in [0.15, 0.2) is 0 Å². The first-order valence-electron chi connectivity index (χ1n) is 6.23. The Hall–Kier alpha value is -1.31. The van der Waals surface area contributed by atoms with E-state index >= 15 is 0 Å². The van der Waals surface area contributed by atoms with Crippen LogP contribution in [0, 0.1) is 0 Å². The van der Waals surface area contributed by atoms with E-state index in [-0.39, 0.29) is 17.5 Å². The van der Waals surface area contributed by atoms with Gasteiger partial charge in [-0.15, -0.1) is 0 Å². The highest BCUT2D eigenvalue weighted by molar-refractivity contribution is 7.89. The molecule has 0 saturated carbocycles. The molecule has 5 N–H and O–H groups in total. The number of nitrogens with zero attached hydrogens (tertiary/aromatic N) is 1. The third kappa shape index (κ3) is 2.99. The SMILES string of the molecule is Nc1cc(S(N)(=O)=O)ccc1N1CCCCC1CO. The molecule has 1 aromatic rings. The summed E-state index contributed by atoms with van der Waals surface area (Å²) in [5.41, 5.74) is 7.05. The van der Waals surface area contributed by atoms with Crippen LogP contribution in [-0.4, -0.2) is 32.7 Å². The predicted octanol–water partition coefficient (Wildman–Crippen LogP) is 0.267. The molecule has 0 aliphatic carbocycles. The minimum Gasteiger partial charge on any atom is -0.397 e. The fraction of sp³-hybridized carbons (Fsp3) is 0.500. The molecule has 1 fully saturated rings. The Morgan fingerprint density at radius 3 is 2.68 bits per heavy atom. The molecule has 1 unspecified atom stereocenters. The van der Waals surface area contributed by atoms with Gasteiger partial charge < -0.3 is 15.7 Å². The summed E-state index contributed by atoms with van der Waals surface area (Å²) >= 11 is 0. The molecule has 0 amide bonds. The zero-order chi connectivity index (χ0) is 14.0. The first-order valence-corrected chi connectivity index (χ1v) is 7.78. The molecule has 1 heterocycles. The zero-order valence-corrected chi connectivity index (χ0v) is 11.4. The van der Waals surface area contributed by atoms with Gasteiger partial charge in [-0.2, -0.15) is 0 Å². The van der Waals surface area contributed by atoms with Crippen molar-refractivity contribution in [3.8, 4) is 0 Å². The summed E-state index contributed by atoms with van der Waals surface area (Å²) in [4.78, 5) is 2.04. The van der Waals surface area contributed by atoms with Crippen LogP contribution in [0.1, 0.15) is 19.3 Å². The molecule has 1 atom stereocenters. The second-order valence-electron chi connectivity index (χ2n) is 4.79. The number of sulfonamides is 1. The summed E-state index contributed by atoms with van der Waals surface area (Å²) in [5, 5.41) is 14.5. The van der Waals surface area contributed by atoms with Crippen molar-refractivity contribution in [2.45, 2.75) is 30.2 Å². The lowest BCUT2D eigenvalue weighted by molar-refractivity contribution is 0.240. The van der Waals surface area contributed by atoms with Crippen LogP contribution < -0.4 is 15.8 Å². The van der Waals surface area contributed by atoms with Gasteiger partial charge in [0.25, 0.3) is 0 Å². The summed E-state index contributed by atoms with van der Waals surface area (Å²) in [7, 11) is -3.74. The largest absolute Gasteiger partial charge is 0.397 e. The lowest BCUT2D eigenvalue weighted by Crippen LogP contribution is -2.42. The second-order valence-corrected chi connectivity index (χ2v) is 6.35. The maximum absolute atomic E-state index is 11.3. The fourth-order valence-electron chi connectivity index (χ4n) is 2.48. The quantitative estimate of drug-likeness (QED) is 0.690. The number of aliphatic hydroxyl groups excluding tert-OH is 1. The Morgan fingerprint density at radius 2 is 2.11 bits per heavy atom. The van der Waals surface area contributed by atoms with Crippen LogP contribution in [-0.2, 0) is 10.0 Å². The topological polar surface area (TPSA) is 110 Å². The summed E-state index contributed by atoms with van der Waals surface area (Å²) < 4.78 is 22.5. The highest BCUT2D eigenvalue weighted by Crippen LogP contribution is 2.31. The molecular weight excluding hydrogens is 266 g/mol. The number of rotatable bonds is 3. The Bertz CT molecular complexity index is 559. The average Bonchev–Trinajstić information content (AvgIpc) is 2.37. The van der Waals surface area contributed by atoms with E-state index in [0.29, 0.717) is 5.69 Å². The number of piperidine rings is 1. The van der Waals surface area contributed by atoms with E-state index in [9.17, 15) is 13.5 Å². The van der Waals surface area contributed by atoms with Crippen molar-refractivity contribution >= 4 is 21.4 Å². The van der Waals surface area contributed by atoms with Gasteiger partial charge in [0.1, 0.15) is 0 Å². The summed E-state index contributed by atoms with van der Waals surface area (Å²) in [6.45, 7) is 0.876. The van der Waals surface area contributed by atoms with Gasteiger partial charge in [0.2, 0.25) is 10.0 Å². The highest BCUT2D eigenvalue weighted by atomic mass is 32.2. The molecule has 19 heavy (non-hydrogen) atoms. The molecule has 6 nitrogen and oxygen atoms in total. The van der Waals surface area contributed by atoms with Crippen LogP contribution in [0.3, 0.4) is 0 Å². The lowest BCUT2D eigenvalue weighted by atomic mass is 10.0. The zero-order valence-electron chi connectivity index (χ0n) is 10.6. The van der Waals surface area contributed by atoms with Crippen LogP contribution in [0.25, 0.3) is 0 Å². The normalized spacial score (nSPS) is 20.5. The smallest absolute Gasteiger partial charge is 0.238 e. The summed E-state index contributed by atoms with van der Waals surface area (Å²) in [6, 6.07) is 4.51. The van der Waals surface area contributed by atoms with E-state index in [1.807, 2.05) is 4.90 Å². The van der Waals surface area contributed by atoms with Gasteiger partial charge in [-0.05, 0) is 37.5 Å². The minimum atomic E-state index is -3.74. The fourth-order valence-corrected chi connectivity index (χ4v) is 3.03. The molecule has 0 radical (unpaired) electrons. The van der Waals surface area contributed by atoms with Crippen molar-refractivity contribution in [1.82, 2.24) is 0 Å². The van der Waals surface area contributed by atoms with Crippen molar-refractivity contribution in [3.05, 3.63) is 18.2 Å². The van der Waals surface area contributed by atoms with Crippen molar-refractivity contribution in [3.63, 3.8) is 0 Å². The van der Waals surface area contributed by atoms with Crippen molar-refractivity contribution in [2.75, 3.05) is 23.8 Å². The van der Waals surface area contributed by atoms with Crippen LogP contribution >= 0.6 is 0 Å². The minimum absolute atomic E-state index is 0.00584. The number of hydrogen-bond acceptors (Lipinski definition) is 5. The molecule has 1 saturated heterocycles. The van der Waals surface area contributed by atoms with E-state index < -0.39 is 10.0 Å². The van der Waals surface area contributed by atoms with Crippen LogP contribution in [0.4, 0.5) is 11.4 Å². The predicted molar refractivity (Wildman–Crippen MR) is 74.3 cm³/mol. The van der Waals surface area contributed by atoms with Crippen molar-refractivity contribution in [1.29, 1.82) is 0 Å². The molecule has 1 aliphatic rings. The van der Waals surface area contributed by atoms with Gasteiger partial charge in [0.05, 0.1) is 28.9 Å². The van der Waals surface area contributed by atoms with Crippen LogP contribution in [0.15, 0.2) is 23.1 Å². The van der Waals surface area contributed by atoms with Gasteiger partial charge in [-0.25, -0.2) is 13.6 Å². The first kappa shape index (κ1) is 14.1. The number of nitrogen functional groups attached to an aromatic ring is 1. The van der Waals surface area contributed by atoms with Crippen LogP contribution in [0.5, 0.6) is 0 Å². The first-order chi connectivity index (χ1) is 8.93.